The summed E-state index contributed by atoms with van der Waals surface area (Å²) in [6.45, 7) is 1.58. The fourth-order valence-corrected chi connectivity index (χ4v) is 3.92. The van der Waals surface area contributed by atoms with Gasteiger partial charge in [-0.25, -0.2) is 13.1 Å². The molecule has 108 valence electrons. The van der Waals surface area contributed by atoms with Gasteiger partial charge >= 0.3 is 0 Å². The highest BCUT2D eigenvalue weighted by Gasteiger charge is 2.22. The Balaban J connectivity index is 0.00000180. The summed E-state index contributed by atoms with van der Waals surface area (Å²) in [5, 5.41) is 3.77. The summed E-state index contributed by atoms with van der Waals surface area (Å²) >= 11 is 11.6. The molecule has 1 fully saturated rings. The number of hydrogen-bond donors (Lipinski definition) is 2. The second kappa shape index (κ2) is 7.11. The fraction of sp³-hybridized carbons (Fsp3) is 0.455. The molecule has 0 amide bonds. The van der Waals surface area contributed by atoms with Gasteiger partial charge in [0.25, 0.3) is 0 Å². The van der Waals surface area contributed by atoms with Crippen LogP contribution in [0.15, 0.2) is 23.1 Å². The zero-order chi connectivity index (χ0) is 13.2. The van der Waals surface area contributed by atoms with Gasteiger partial charge in [0.2, 0.25) is 10.0 Å². The molecule has 1 atom stereocenters. The Morgan fingerprint density at radius 2 is 1.84 bits per heavy atom. The predicted octanol–water partition coefficient (Wildman–Crippen LogP) is 2.45. The fourth-order valence-electron chi connectivity index (χ4n) is 1.92. The van der Waals surface area contributed by atoms with Crippen LogP contribution in [0.5, 0.6) is 0 Å². The quantitative estimate of drug-likeness (QED) is 0.884. The first-order valence-electron chi connectivity index (χ1n) is 5.66. The van der Waals surface area contributed by atoms with Gasteiger partial charge in [0.15, 0.2) is 0 Å². The highest BCUT2D eigenvalue weighted by Crippen LogP contribution is 2.22. The number of rotatable bonds is 3. The third-order valence-electron chi connectivity index (χ3n) is 2.77. The van der Waals surface area contributed by atoms with E-state index in [1.807, 2.05) is 0 Å². The van der Waals surface area contributed by atoms with Gasteiger partial charge in [0.05, 0.1) is 4.90 Å². The van der Waals surface area contributed by atoms with Gasteiger partial charge in [-0.3, -0.25) is 0 Å². The van der Waals surface area contributed by atoms with Gasteiger partial charge in [-0.1, -0.05) is 23.2 Å². The Labute approximate surface area is 129 Å². The Morgan fingerprint density at radius 1 is 1.21 bits per heavy atom. The molecule has 0 aliphatic carbocycles. The van der Waals surface area contributed by atoms with Gasteiger partial charge in [-0.05, 0) is 37.6 Å². The maximum atomic E-state index is 12.1. The van der Waals surface area contributed by atoms with E-state index in [1.54, 1.807) is 0 Å². The number of piperidine rings is 1. The average molecular weight is 346 g/mol. The number of benzene rings is 1. The smallest absolute Gasteiger partial charge is 0.240 e. The minimum atomic E-state index is -3.56. The number of nitrogens with one attached hydrogen (secondary N) is 2. The van der Waals surface area contributed by atoms with Crippen molar-refractivity contribution < 1.29 is 8.42 Å². The van der Waals surface area contributed by atoms with Gasteiger partial charge in [-0.2, -0.15) is 0 Å². The van der Waals surface area contributed by atoms with Crippen molar-refractivity contribution >= 4 is 45.6 Å². The summed E-state index contributed by atoms with van der Waals surface area (Å²) in [4.78, 5) is 0.102. The Bertz CT molecular complexity index is 510. The summed E-state index contributed by atoms with van der Waals surface area (Å²) in [5.74, 6) is 0. The van der Waals surface area contributed by atoms with E-state index in [4.69, 9.17) is 23.2 Å². The molecule has 19 heavy (non-hydrogen) atoms. The standard InChI is InChI=1S/C11H14Cl2N2O2S.ClH/c12-8-4-9(13)6-11(5-8)18(16,17)15-10-2-1-3-14-7-10;/h4-6,10,14-15H,1-3,7H2;1H/t10-;/m1./s1. The monoisotopic (exact) mass is 344 g/mol. The molecule has 1 heterocycles. The van der Waals surface area contributed by atoms with Crippen LogP contribution >= 0.6 is 35.6 Å². The summed E-state index contributed by atoms with van der Waals surface area (Å²) in [7, 11) is -3.56. The van der Waals surface area contributed by atoms with Crippen LogP contribution in [0.4, 0.5) is 0 Å². The summed E-state index contributed by atoms with van der Waals surface area (Å²) in [6, 6.07) is 4.21. The molecule has 2 rings (SSSR count). The molecule has 4 nitrogen and oxygen atoms in total. The maximum Gasteiger partial charge on any atom is 0.240 e. The SMILES string of the molecule is Cl.O=S(=O)(N[C@@H]1CCCNC1)c1cc(Cl)cc(Cl)c1. The van der Waals surface area contributed by atoms with Crippen molar-refractivity contribution in [2.24, 2.45) is 0 Å². The van der Waals surface area contributed by atoms with Crippen molar-refractivity contribution in [1.82, 2.24) is 10.0 Å². The van der Waals surface area contributed by atoms with E-state index in [1.165, 1.54) is 18.2 Å². The van der Waals surface area contributed by atoms with Crippen molar-refractivity contribution in [3.8, 4) is 0 Å². The number of sulfonamides is 1. The maximum absolute atomic E-state index is 12.1. The minimum absolute atomic E-state index is 0. The lowest BCUT2D eigenvalue weighted by atomic mass is 10.1. The largest absolute Gasteiger partial charge is 0.315 e. The van der Waals surface area contributed by atoms with Crippen LogP contribution in [0.25, 0.3) is 0 Å². The predicted molar refractivity (Wildman–Crippen MR) is 79.9 cm³/mol. The van der Waals surface area contributed by atoms with Gasteiger partial charge in [-0.15, -0.1) is 12.4 Å². The van der Waals surface area contributed by atoms with E-state index >= 15 is 0 Å². The molecule has 1 aliphatic heterocycles. The molecule has 1 aromatic carbocycles. The highest BCUT2D eigenvalue weighted by molar-refractivity contribution is 7.89. The Morgan fingerprint density at radius 3 is 2.37 bits per heavy atom. The molecule has 0 radical (unpaired) electrons. The van der Waals surface area contributed by atoms with Crippen molar-refractivity contribution in [1.29, 1.82) is 0 Å². The zero-order valence-corrected chi connectivity index (χ0v) is 13.2. The van der Waals surface area contributed by atoms with Gasteiger partial charge in [0.1, 0.15) is 0 Å². The first-order valence-corrected chi connectivity index (χ1v) is 7.90. The first-order chi connectivity index (χ1) is 8.47. The lowest BCUT2D eigenvalue weighted by Gasteiger charge is -2.23. The molecule has 1 aromatic rings. The van der Waals surface area contributed by atoms with Crippen LogP contribution in [0.1, 0.15) is 12.8 Å². The van der Waals surface area contributed by atoms with Crippen molar-refractivity contribution in [3.63, 3.8) is 0 Å². The summed E-state index contributed by atoms with van der Waals surface area (Å²) in [6.07, 6.45) is 1.80. The zero-order valence-electron chi connectivity index (χ0n) is 10.0. The summed E-state index contributed by atoms with van der Waals surface area (Å²) in [5.41, 5.74) is 0. The molecule has 1 saturated heterocycles. The molecule has 0 saturated carbocycles. The highest BCUT2D eigenvalue weighted by atomic mass is 35.5. The topological polar surface area (TPSA) is 58.2 Å². The molecule has 0 bridgehead atoms. The minimum Gasteiger partial charge on any atom is -0.315 e. The van der Waals surface area contributed by atoms with E-state index in [0.29, 0.717) is 16.6 Å². The lowest BCUT2D eigenvalue weighted by molar-refractivity contribution is 0.428. The number of halogens is 3. The van der Waals surface area contributed by atoms with E-state index in [9.17, 15) is 8.42 Å². The van der Waals surface area contributed by atoms with Crippen LogP contribution in [-0.4, -0.2) is 27.5 Å². The van der Waals surface area contributed by atoms with Crippen LogP contribution in [-0.2, 0) is 10.0 Å². The third-order valence-corrected chi connectivity index (χ3v) is 4.70. The van der Waals surface area contributed by atoms with Gasteiger partial charge < -0.3 is 5.32 Å². The summed E-state index contributed by atoms with van der Waals surface area (Å²) < 4.78 is 27.0. The Kier molecular flexibility index (Phi) is 6.36. The van der Waals surface area contributed by atoms with Crippen LogP contribution in [0.2, 0.25) is 10.0 Å². The Hall–Kier alpha value is -0.0400. The molecule has 0 spiro atoms. The molecule has 1 aliphatic rings. The van der Waals surface area contributed by atoms with Crippen LogP contribution in [0, 0.1) is 0 Å². The third kappa shape index (κ3) is 4.77. The van der Waals surface area contributed by atoms with E-state index in [-0.39, 0.29) is 23.3 Å². The first kappa shape index (κ1) is 17.0. The van der Waals surface area contributed by atoms with E-state index < -0.39 is 10.0 Å². The van der Waals surface area contributed by atoms with Crippen molar-refractivity contribution in [2.75, 3.05) is 13.1 Å². The molecular formula is C11H15Cl3N2O2S. The molecule has 8 heteroatoms. The van der Waals surface area contributed by atoms with Crippen LogP contribution in [0.3, 0.4) is 0 Å². The molecule has 0 unspecified atom stereocenters. The molecular weight excluding hydrogens is 331 g/mol. The van der Waals surface area contributed by atoms with E-state index in [0.717, 1.165) is 19.4 Å². The lowest BCUT2D eigenvalue weighted by Crippen LogP contribution is -2.45. The van der Waals surface area contributed by atoms with E-state index in [2.05, 4.69) is 10.0 Å². The average Bonchev–Trinajstić information content (AvgIpc) is 2.28. The van der Waals surface area contributed by atoms with Gasteiger partial charge in [0, 0.05) is 22.6 Å². The normalized spacial score (nSPS) is 19.8. The van der Waals surface area contributed by atoms with Crippen molar-refractivity contribution in [3.05, 3.63) is 28.2 Å². The number of hydrogen-bond acceptors (Lipinski definition) is 3. The van der Waals surface area contributed by atoms with Crippen LogP contribution < -0.4 is 10.0 Å². The van der Waals surface area contributed by atoms with Crippen molar-refractivity contribution in [2.45, 2.75) is 23.8 Å². The second-order valence-corrected chi connectivity index (χ2v) is 6.86. The molecule has 0 aromatic heterocycles. The molecule has 2 N–H and O–H groups in total. The second-order valence-electron chi connectivity index (χ2n) is 4.27.